The Morgan fingerprint density at radius 3 is 2.75 bits per heavy atom. The zero-order valence-corrected chi connectivity index (χ0v) is 10.1. The van der Waals surface area contributed by atoms with E-state index in [1.54, 1.807) is 0 Å². The summed E-state index contributed by atoms with van der Waals surface area (Å²) in [6.45, 7) is 5.94. The SMILES string of the molecule is CCCCC(C)(C)OC(=O)c1cnccn1. The molecule has 0 aromatic carbocycles. The first kappa shape index (κ1) is 12.6. The number of aromatic nitrogens is 2. The first-order valence-electron chi connectivity index (χ1n) is 5.54. The van der Waals surface area contributed by atoms with Crippen LogP contribution in [-0.4, -0.2) is 21.5 Å². The van der Waals surface area contributed by atoms with Crippen molar-refractivity contribution in [3.8, 4) is 0 Å². The van der Waals surface area contributed by atoms with Crippen molar-refractivity contribution in [2.24, 2.45) is 0 Å². The summed E-state index contributed by atoms with van der Waals surface area (Å²) >= 11 is 0. The molecule has 0 bridgehead atoms. The molecule has 0 aliphatic rings. The van der Waals surface area contributed by atoms with Crippen molar-refractivity contribution in [2.45, 2.75) is 45.6 Å². The van der Waals surface area contributed by atoms with E-state index < -0.39 is 11.6 Å². The van der Waals surface area contributed by atoms with E-state index in [2.05, 4.69) is 16.9 Å². The zero-order valence-electron chi connectivity index (χ0n) is 10.1. The maximum absolute atomic E-state index is 11.7. The fraction of sp³-hybridized carbons (Fsp3) is 0.583. The lowest BCUT2D eigenvalue weighted by Gasteiger charge is -2.24. The molecule has 4 nitrogen and oxygen atoms in total. The Kier molecular flexibility index (Phi) is 4.40. The van der Waals surface area contributed by atoms with Crippen LogP contribution in [0.3, 0.4) is 0 Å². The maximum atomic E-state index is 11.7. The number of carbonyl (C=O) groups excluding carboxylic acids is 1. The predicted octanol–water partition coefficient (Wildman–Crippen LogP) is 2.60. The normalized spacial score (nSPS) is 11.2. The number of nitrogens with zero attached hydrogens (tertiary/aromatic N) is 2. The molecule has 4 heteroatoms. The zero-order chi connectivity index (χ0) is 12.0. The van der Waals surface area contributed by atoms with Crippen molar-refractivity contribution in [1.29, 1.82) is 0 Å². The number of carbonyl (C=O) groups is 1. The number of hydrogen-bond donors (Lipinski definition) is 0. The minimum Gasteiger partial charge on any atom is -0.455 e. The Labute approximate surface area is 96.1 Å². The Hall–Kier alpha value is -1.45. The van der Waals surface area contributed by atoms with Gasteiger partial charge in [-0.15, -0.1) is 0 Å². The summed E-state index contributed by atoms with van der Waals surface area (Å²) in [5.41, 5.74) is -0.183. The molecule has 0 radical (unpaired) electrons. The maximum Gasteiger partial charge on any atom is 0.359 e. The van der Waals surface area contributed by atoms with Crippen molar-refractivity contribution >= 4 is 5.97 Å². The van der Waals surface area contributed by atoms with Crippen LogP contribution in [0.25, 0.3) is 0 Å². The number of hydrogen-bond acceptors (Lipinski definition) is 4. The van der Waals surface area contributed by atoms with Crippen LogP contribution in [0.2, 0.25) is 0 Å². The topological polar surface area (TPSA) is 52.1 Å². The van der Waals surface area contributed by atoms with Crippen LogP contribution >= 0.6 is 0 Å². The second kappa shape index (κ2) is 5.58. The highest BCUT2D eigenvalue weighted by atomic mass is 16.6. The molecule has 0 unspecified atom stereocenters. The molecule has 1 rings (SSSR count). The summed E-state index contributed by atoms with van der Waals surface area (Å²) in [6, 6.07) is 0. The largest absolute Gasteiger partial charge is 0.455 e. The minimum absolute atomic E-state index is 0.257. The second-order valence-electron chi connectivity index (χ2n) is 4.34. The monoisotopic (exact) mass is 222 g/mol. The summed E-state index contributed by atoms with van der Waals surface area (Å²) in [5, 5.41) is 0. The van der Waals surface area contributed by atoms with Gasteiger partial charge in [-0.25, -0.2) is 9.78 Å². The lowest BCUT2D eigenvalue weighted by Crippen LogP contribution is -2.28. The highest BCUT2D eigenvalue weighted by molar-refractivity contribution is 5.87. The van der Waals surface area contributed by atoms with Crippen molar-refractivity contribution in [1.82, 2.24) is 9.97 Å². The van der Waals surface area contributed by atoms with E-state index in [4.69, 9.17) is 4.74 Å². The van der Waals surface area contributed by atoms with E-state index >= 15 is 0 Å². The van der Waals surface area contributed by atoms with Crippen LogP contribution in [0.15, 0.2) is 18.6 Å². The Bertz CT molecular complexity index is 336. The summed E-state index contributed by atoms with van der Waals surface area (Å²) < 4.78 is 5.38. The van der Waals surface area contributed by atoms with E-state index in [0.29, 0.717) is 0 Å². The standard InChI is InChI=1S/C12H18N2O2/c1-4-5-6-12(2,3)16-11(15)10-9-13-7-8-14-10/h7-9H,4-6H2,1-3H3. The van der Waals surface area contributed by atoms with Gasteiger partial charge in [-0.2, -0.15) is 0 Å². The molecule has 0 saturated heterocycles. The molecule has 0 saturated carbocycles. The fourth-order valence-electron chi connectivity index (χ4n) is 1.36. The summed E-state index contributed by atoms with van der Waals surface area (Å²) in [6.07, 6.45) is 7.41. The average molecular weight is 222 g/mol. The van der Waals surface area contributed by atoms with E-state index in [0.717, 1.165) is 19.3 Å². The van der Waals surface area contributed by atoms with Gasteiger partial charge in [0.15, 0.2) is 5.69 Å². The quantitative estimate of drug-likeness (QED) is 0.718. The van der Waals surface area contributed by atoms with Crippen LogP contribution in [0.1, 0.15) is 50.5 Å². The molecule has 0 N–H and O–H groups in total. The van der Waals surface area contributed by atoms with Gasteiger partial charge in [0.25, 0.3) is 0 Å². The van der Waals surface area contributed by atoms with E-state index in [1.165, 1.54) is 18.6 Å². The Morgan fingerprint density at radius 1 is 1.44 bits per heavy atom. The van der Waals surface area contributed by atoms with Gasteiger partial charge >= 0.3 is 5.97 Å². The lowest BCUT2D eigenvalue weighted by atomic mass is 10.0. The highest BCUT2D eigenvalue weighted by Gasteiger charge is 2.23. The Balaban J connectivity index is 2.57. The lowest BCUT2D eigenvalue weighted by molar-refractivity contribution is -0.00600. The Morgan fingerprint density at radius 2 is 2.19 bits per heavy atom. The summed E-state index contributed by atoms with van der Waals surface area (Å²) in [4.78, 5) is 19.4. The third-order valence-electron chi connectivity index (χ3n) is 2.27. The molecule has 0 amide bonds. The van der Waals surface area contributed by atoms with Gasteiger partial charge in [0.2, 0.25) is 0 Å². The molecular weight excluding hydrogens is 204 g/mol. The van der Waals surface area contributed by atoms with Gasteiger partial charge in [-0.3, -0.25) is 4.98 Å². The molecule has 0 aliphatic heterocycles. The van der Waals surface area contributed by atoms with Crippen molar-refractivity contribution in [3.05, 3.63) is 24.3 Å². The van der Waals surface area contributed by atoms with Crippen LogP contribution < -0.4 is 0 Å². The molecule has 88 valence electrons. The number of ether oxygens (including phenoxy) is 1. The van der Waals surface area contributed by atoms with Gasteiger partial charge in [-0.1, -0.05) is 13.3 Å². The number of rotatable bonds is 5. The summed E-state index contributed by atoms with van der Waals surface area (Å²) in [7, 11) is 0. The first-order valence-corrected chi connectivity index (χ1v) is 5.54. The van der Waals surface area contributed by atoms with E-state index in [9.17, 15) is 4.79 Å². The number of esters is 1. The highest BCUT2D eigenvalue weighted by Crippen LogP contribution is 2.19. The molecule has 1 heterocycles. The van der Waals surface area contributed by atoms with Crippen LogP contribution in [0.5, 0.6) is 0 Å². The molecule has 1 aromatic heterocycles. The van der Waals surface area contributed by atoms with Gasteiger partial charge in [-0.05, 0) is 26.7 Å². The molecule has 16 heavy (non-hydrogen) atoms. The first-order chi connectivity index (χ1) is 7.55. The number of unbranched alkanes of at least 4 members (excludes halogenated alkanes) is 1. The van der Waals surface area contributed by atoms with Gasteiger partial charge < -0.3 is 4.74 Å². The van der Waals surface area contributed by atoms with Crippen LogP contribution in [0.4, 0.5) is 0 Å². The van der Waals surface area contributed by atoms with Gasteiger partial charge in [0.05, 0.1) is 6.20 Å². The van der Waals surface area contributed by atoms with Crippen molar-refractivity contribution < 1.29 is 9.53 Å². The molecule has 0 spiro atoms. The predicted molar refractivity (Wildman–Crippen MR) is 61.1 cm³/mol. The molecule has 0 fully saturated rings. The molecular formula is C12H18N2O2. The fourth-order valence-corrected chi connectivity index (χ4v) is 1.36. The minimum atomic E-state index is -0.440. The van der Waals surface area contributed by atoms with Crippen molar-refractivity contribution in [2.75, 3.05) is 0 Å². The van der Waals surface area contributed by atoms with E-state index in [-0.39, 0.29) is 5.69 Å². The average Bonchev–Trinajstić information content (AvgIpc) is 2.27. The van der Waals surface area contributed by atoms with Crippen molar-refractivity contribution in [3.63, 3.8) is 0 Å². The summed E-state index contributed by atoms with van der Waals surface area (Å²) in [5.74, 6) is -0.408. The molecule has 0 aliphatic carbocycles. The van der Waals surface area contributed by atoms with Gasteiger partial charge in [0, 0.05) is 12.4 Å². The van der Waals surface area contributed by atoms with E-state index in [1.807, 2.05) is 13.8 Å². The molecule has 1 aromatic rings. The molecule has 0 atom stereocenters. The van der Waals surface area contributed by atoms with Gasteiger partial charge in [0.1, 0.15) is 5.60 Å². The van der Waals surface area contributed by atoms with Crippen LogP contribution in [0, 0.1) is 0 Å². The smallest absolute Gasteiger partial charge is 0.359 e. The third kappa shape index (κ3) is 3.96. The third-order valence-corrected chi connectivity index (χ3v) is 2.27. The second-order valence-corrected chi connectivity index (χ2v) is 4.34. The van der Waals surface area contributed by atoms with Crippen LogP contribution in [-0.2, 0) is 4.74 Å².